The summed E-state index contributed by atoms with van der Waals surface area (Å²) in [5.41, 5.74) is 0. The molecule has 0 bridgehead atoms. The lowest BCUT2D eigenvalue weighted by atomic mass is 10.1. The van der Waals surface area contributed by atoms with Crippen molar-refractivity contribution in [2.24, 2.45) is 0 Å². The number of hydrogen-bond donors (Lipinski definition) is 1. The molecule has 0 aliphatic rings. The van der Waals surface area contributed by atoms with Gasteiger partial charge >= 0.3 is 0 Å². The molecule has 1 rings (SSSR count). The predicted molar refractivity (Wildman–Crippen MR) is 147 cm³/mol. The highest BCUT2D eigenvalue weighted by molar-refractivity contribution is 8.00. The van der Waals surface area contributed by atoms with Gasteiger partial charge < -0.3 is 0 Å². The third kappa shape index (κ3) is 13.7. The molecule has 2 atom stereocenters. The highest BCUT2D eigenvalue weighted by atomic mass is 35.5. The zero-order valence-corrected chi connectivity index (χ0v) is 23.5. The van der Waals surface area contributed by atoms with Gasteiger partial charge in [-0.3, -0.25) is 0 Å². The van der Waals surface area contributed by atoms with Crippen molar-refractivity contribution >= 4 is 45.1 Å². The third-order valence-electron chi connectivity index (χ3n) is 5.48. The molecule has 0 saturated heterocycles. The Labute approximate surface area is 211 Å². The fourth-order valence-corrected chi connectivity index (χ4v) is 7.44. The lowest BCUT2D eigenvalue weighted by molar-refractivity contribution is 0.526. The number of thioether (sulfide) groups is 2. The zero-order valence-electron chi connectivity index (χ0n) is 20.3. The summed E-state index contributed by atoms with van der Waals surface area (Å²) in [7, 11) is -3.54. The van der Waals surface area contributed by atoms with Crippen LogP contribution in [0.4, 0.5) is 0 Å². The Bertz CT molecular complexity index is 683. The largest absolute Gasteiger partial charge is 0.240 e. The molecule has 2 unspecified atom stereocenters. The predicted octanol–water partition coefficient (Wildman–Crippen LogP) is 8.17. The van der Waals surface area contributed by atoms with Gasteiger partial charge in [0, 0.05) is 22.1 Å². The summed E-state index contributed by atoms with van der Waals surface area (Å²) in [4.78, 5) is 0.291. The quantitative estimate of drug-likeness (QED) is 0.176. The van der Waals surface area contributed by atoms with Crippen molar-refractivity contribution in [3.8, 4) is 0 Å². The maximum absolute atomic E-state index is 13.0. The smallest absolute Gasteiger partial charge is 0.207 e. The molecule has 3 nitrogen and oxygen atoms in total. The Hall–Kier alpha value is 0.120. The molecule has 1 aromatic rings. The lowest BCUT2D eigenvalue weighted by Gasteiger charge is -2.22. The van der Waals surface area contributed by atoms with E-state index in [-0.39, 0.29) is 6.04 Å². The van der Waals surface area contributed by atoms with Crippen LogP contribution in [0, 0.1) is 0 Å². The number of unbranched alkanes of at least 4 members (excludes halogenated alkanes) is 5. The van der Waals surface area contributed by atoms with Crippen LogP contribution in [0.5, 0.6) is 0 Å². The number of sulfonamides is 1. The topological polar surface area (TPSA) is 46.2 Å². The van der Waals surface area contributed by atoms with Crippen LogP contribution in [-0.2, 0) is 10.0 Å². The van der Waals surface area contributed by atoms with Gasteiger partial charge in [0.05, 0.1) is 4.90 Å². The van der Waals surface area contributed by atoms with Crippen molar-refractivity contribution in [3.05, 3.63) is 29.3 Å². The van der Waals surface area contributed by atoms with Gasteiger partial charge in [-0.1, -0.05) is 70.9 Å². The summed E-state index contributed by atoms with van der Waals surface area (Å²) in [6.07, 6.45) is 13.1. The SMILES string of the molecule is CCCCCSCC(CCC(CCCC)SCCCCC)NS(=O)(=O)c1ccc(Cl)cc1. The second-order valence-electron chi connectivity index (χ2n) is 8.47. The second-order valence-corrected chi connectivity index (χ2v) is 13.2. The van der Waals surface area contributed by atoms with Gasteiger partial charge in [0.1, 0.15) is 0 Å². The average Bonchev–Trinajstić information content (AvgIpc) is 2.77. The average molecular weight is 522 g/mol. The minimum atomic E-state index is -3.54. The molecule has 0 spiro atoms. The van der Waals surface area contributed by atoms with Crippen LogP contribution < -0.4 is 4.72 Å². The molecule has 186 valence electrons. The third-order valence-corrected chi connectivity index (χ3v) is 9.95. The van der Waals surface area contributed by atoms with Crippen LogP contribution in [-0.4, -0.2) is 37.0 Å². The Balaban J connectivity index is 2.73. The molecule has 0 saturated carbocycles. The van der Waals surface area contributed by atoms with Crippen molar-refractivity contribution < 1.29 is 8.42 Å². The minimum Gasteiger partial charge on any atom is -0.207 e. The second kappa shape index (κ2) is 18.4. The molecule has 1 N–H and O–H groups in total. The van der Waals surface area contributed by atoms with Crippen LogP contribution in [0.1, 0.15) is 91.4 Å². The van der Waals surface area contributed by atoms with Gasteiger partial charge in [-0.05, 0) is 67.9 Å². The molecule has 0 amide bonds. The van der Waals surface area contributed by atoms with Gasteiger partial charge in [-0.2, -0.15) is 23.5 Å². The van der Waals surface area contributed by atoms with E-state index in [9.17, 15) is 8.42 Å². The molecular weight excluding hydrogens is 478 g/mol. The summed E-state index contributed by atoms with van der Waals surface area (Å²) in [6, 6.07) is 6.41. The van der Waals surface area contributed by atoms with Crippen LogP contribution in [0.3, 0.4) is 0 Å². The highest BCUT2D eigenvalue weighted by Crippen LogP contribution is 2.26. The Morgan fingerprint density at radius 2 is 1.47 bits per heavy atom. The maximum atomic E-state index is 13.0. The Morgan fingerprint density at radius 3 is 2.09 bits per heavy atom. The molecule has 0 aliphatic heterocycles. The molecule has 32 heavy (non-hydrogen) atoms. The van der Waals surface area contributed by atoms with Gasteiger partial charge in [0.2, 0.25) is 10.0 Å². The van der Waals surface area contributed by atoms with Gasteiger partial charge in [0.15, 0.2) is 0 Å². The molecule has 0 heterocycles. The first kappa shape index (κ1) is 30.2. The molecule has 0 aromatic heterocycles. The van der Waals surface area contributed by atoms with Crippen molar-refractivity contribution in [1.29, 1.82) is 0 Å². The van der Waals surface area contributed by atoms with Crippen LogP contribution >= 0.6 is 35.1 Å². The van der Waals surface area contributed by atoms with Crippen LogP contribution in [0.2, 0.25) is 5.02 Å². The van der Waals surface area contributed by atoms with Crippen LogP contribution in [0.25, 0.3) is 0 Å². The van der Waals surface area contributed by atoms with E-state index in [1.807, 2.05) is 11.8 Å². The zero-order chi connectivity index (χ0) is 23.7. The Kier molecular flexibility index (Phi) is 17.4. The van der Waals surface area contributed by atoms with Crippen molar-refractivity contribution in [2.75, 3.05) is 17.3 Å². The monoisotopic (exact) mass is 521 g/mol. The number of rotatable bonds is 20. The fraction of sp³-hybridized carbons (Fsp3) is 0.760. The van der Waals surface area contributed by atoms with Gasteiger partial charge in [-0.25, -0.2) is 13.1 Å². The number of benzene rings is 1. The molecule has 0 fully saturated rings. The van der Waals surface area contributed by atoms with Crippen molar-refractivity contribution in [2.45, 2.75) is 108 Å². The Morgan fingerprint density at radius 1 is 0.844 bits per heavy atom. The summed E-state index contributed by atoms with van der Waals surface area (Å²) < 4.78 is 29.0. The van der Waals surface area contributed by atoms with E-state index in [0.717, 1.165) is 24.3 Å². The number of nitrogens with one attached hydrogen (secondary N) is 1. The lowest BCUT2D eigenvalue weighted by Crippen LogP contribution is -2.37. The van der Waals surface area contributed by atoms with Crippen LogP contribution in [0.15, 0.2) is 29.2 Å². The summed E-state index contributed by atoms with van der Waals surface area (Å²) in [5, 5.41) is 1.17. The van der Waals surface area contributed by atoms with E-state index in [4.69, 9.17) is 11.6 Å². The normalized spacial score (nSPS) is 13.9. The van der Waals surface area contributed by atoms with E-state index in [2.05, 4.69) is 37.3 Å². The number of halogens is 1. The summed E-state index contributed by atoms with van der Waals surface area (Å²) >= 11 is 9.92. The standard InChI is InChI=1S/C25H44ClNO2S3/c1-4-7-10-19-30-21-23(27-32(28,29)25-17-13-22(26)14-18-25)15-16-24(12-9-6-3)31-20-11-8-5-2/h13-14,17-18,23-24,27H,4-12,15-16,19-21H2,1-3H3. The fourth-order valence-electron chi connectivity index (χ4n) is 3.49. The van der Waals surface area contributed by atoms with E-state index in [1.54, 1.807) is 24.3 Å². The summed E-state index contributed by atoms with van der Waals surface area (Å²) in [6.45, 7) is 6.70. The minimum absolute atomic E-state index is 0.0392. The number of hydrogen-bond acceptors (Lipinski definition) is 4. The first-order chi connectivity index (χ1) is 15.4. The maximum Gasteiger partial charge on any atom is 0.240 e. The van der Waals surface area contributed by atoms with E-state index >= 15 is 0 Å². The first-order valence-corrected chi connectivity index (χ1v) is 16.5. The van der Waals surface area contributed by atoms with Crippen molar-refractivity contribution in [1.82, 2.24) is 4.72 Å². The molecular formula is C25H44ClNO2S3. The van der Waals surface area contributed by atoms with Gasteiger partial charge in [0.25, 0.3) is 0 Å². The van der Waals surface area contributed by atoms with Crippen molar-refractivity contribution in [3.63, 3.8) is 0 Å². The van der Waals surface area contributed by atoms with E-state index < -0.39 is 10.0 Å². The van der Waals surface area contributed by atoms with E-state index in [0.29, 0.717) is 15.2 Å². The highest BCUT2D eigenvalue weighted by Gasteiger charge is 2.21. The molecule has 0 radical (unpaired) electrons. The molecule has 7 heteroatoms. The molecule has 0 aliphatic carbocycles. The van der Waals surface area contributed by atoms with E-state index in [1.165, 1.54) is 63.5 Å². The van der Waals surface area contributed by atoms with Gasteiger partial charge in [-0.15, -0.1) is 0 Å². The first-order valence-electron chi connectivity index (χ1n) is 12.4. The summed E-state index contributed by atoms with van der Waals surface area (Å²) in [5.74, 6) is 3.14. The molecule has 1 aromatic carbocycles.